The van der Waals surface area contributed by atoms with Crippen molar-refractivity contribution in [1.29, 1.82) is 0 Å². The van der Waals surface area contributed by atoms with Crippen molar-refractivity contribution in [3.8, 4) is 5.75 Å². The Balaban J connectivity index is 1.56. The van der Waals surface area contributed by atoms with Crippen LogP contribution in [0.15, 0.2) is 24.3 Å². The van der Waals surface area contributed by atoms with Crippen LogP contribution >= 0.6 is 11.3 Å². The van der Waals surface area contributed by atoms with Crippen LogP contribution in [0.3, 0.4) is 0 Å². The molecule has 0 fully saturated rings. The number of aromatic nitrogens is 1. The Morgan fingerprint density at radius 3 is 3.10 bits per heavy atom. The minimum atomic E-state index is -0.179. The van der Waals surface area contributed by atoms with Crippen molar-refractivity contribution in [2.45, 2.75) is 26.4 Å². The predicted octanol–water partition coefficient (Wildman–Crippen LogP) is 2.33. The summed E-state index contributed by atoms with van der Waals surface area (Å²) < 4.78 is 5.59. The van der Waals surface area contributed by atoms with E-state index in [1.54, 1.807) is 0 Å². The van der Waals surface area contributed by atoms with Crippen LogP contribution in [0.1, 0.15) is 23.1 Å². The van der Waals surface area contributed by atoms with Crippen molar-refractivity contribution >= 4 is 22.4 Å². The molecule has 1 amide bonds. The van der Waals surface area contributed by atoms with Crippen LogP contribution in [-0.2, 0) is 24.3 Å². The number of fused-ring (bicyclic) bond motifs is 1. The van der Waals surface area contributed by atoms with E-state index in [0.717, 1.165) is 36.5 Å². The van der Waals surface area contributed by atoms with Crippen LogP contribution in [0.4, 0.5) is 5.13 Å². The number of anilines is 1. The Hall–Kier alpha value is -1.92. The summed E-state index contributed by atoms with van der Waals surface area (Å²) in [7, 11) is 0. The monoisotopic (exact) mass is 303 g/mol. The molecule has 1 aliphatic rings. The zero-order chi connectivity index (χ0) is 14.7. The minimum Gasteiger partial charge on any atom is -0.483 e. The number of carbonyl (C=O) groups excluding carboxylic acids is 1. The summed E-state index contributed by atoms with van der Waals surface area (Å²) in [5, 5.41) is 6.66. The van der Waals surface area contributed by atoms with E-state index in [1.807, 2.05) is 24.3 Å². The second kappa shape index (κ2) is 6.24. The van der Waals surface area contributed by atoms with Gasteiger partial charge in [-0.1, -0.05) is 25.1 Å². The molecule has 0 bridgehead atoms. The van der Waals surface area contributed by atoms with Gasteiger partial charge in [0.2, 0.25) is 0 Å². The Bertz CT molecular complexity index is 633. The number of carbonyl (C=O) groups is 1. The number of amides is 1. The molecule has 21 heavy (non-hydrogen) atoms. The normalized spacial score (nSPS) is 13.0. The van der Waals surface area contributed by atoms with Crippen molar-refractivity contribution in [3.05, 3.63) is 40.4 Å². The van der Waals surface area contributed by atoms with Crippen molar-refractivity contribution in [2.24, 2.45) is 0 Å². The molecule has 1 aromatic carbocycles. The van der Waals surface area contributed by atoms with Gasteiger partial charge < -0.3 is 10.1 Å². The van der Waals surface area contributed by atoms with Gasteiger partial charge in [-0.15, -0.1) is 11.3 Å². The molecule has 2 aromatic rings. The number of rotatable bonds is 5. The highest BCUT2D eigenvalue weighted by molar-refractivity contribution is 7.15. The van der Waals surface area contributed by atoms with Gasteiger partial charge in [-0.3, -0.25) is 10.1 Å². The molecule has 2 N–H and O–H groups in total. The topological polar surface area (TPSA) is 63.2 Å². The highest BCUT2D eigenvalue weighted by atomic mass is 32.1. The number of ether oxygens (including phenoxy) is 1. The first-order valence-electron chi connectivity index (χ1n) is 6.96. The molecule has 0 radical (unpaired) electrons. The van der Waals surface area contributed by atoms with Gasteiger partial charge in [0.25, 0.3) is 5.91 Å². The lowest BCUT2D eigenvalue weighted by Gasteiger charge is -2.09. The van der Waals surface area contributed by atoms with Crippen molar-refractivity contribution in [1.82, 2.24) is 10.3 Å². The first-order chi connectivity index (χ1) is 10.3. The van der Waals surface area contributed by atoms with E-state index in [4.69, 9.17) is 4.74 Å². The second-order valence-corrected chi connectivity index (χ2v) is 5.87. The molecule has 110 valence electrons. The summed E-state index contributed by atoms with van der Waals surface area (Å²) in [5.74, 6) is 0.585. The molecule has 6 heteroatoms. The average molecular weight is 303 g/mol. The van der Waals surface area contributed by atoms with E-state index in [-0.39, 0.29) is 12.5 Å². The number of aryl methyl sites for hydroxylation is 1. The lowest BCUT2D eigenvalue weighted by atomic mass is 10.1. The van der Waals surface area contributed by atoms with E-state index in [1.165, 1.54) is 16.2 Å². The maximum atomic E-state index is 11.9. The third-order valence-electron chi connectivity index (χ3n) is 3.31. The van der Waals surface area contributed by atoms with E-state index >= 15 is 0 Å². The van der Waals surface area contributed by atoms with Crippen molar-refractivity contribution in [2.75, 3.05) is 11.9 Å². The lowest BCUT2D eigenvalue weighted by molar-refractivity contribution is -0.118. The van der Waals surface area contributed by atoms with Gasteiger partial charge in [0.1, 0.15) is 5.75 Å². The molecule has 0 saturated carbocycles. The van der Waals surface area contributed by atoms with Crippen molar-refractivity contribution in [3.63, 3.8) is 0 Å². The molecular weight excluding hydrogens is 286 g/mol. The molecule has 0 spiro atoms. The Morgan fingerprint density at radius 1 is 1.43 bits per heavy atom. The lowest BCUT2D eigenvalue weighted by Crippen LogP contribution is -2.20. The first kappa shape index (κ1) is 14.0. The minimum absolute atomic E-state index is 0.000486. The van der Waals surface area contributed by atoms with Gasteiger partial charge in [0, 0.05) is 18.0 Å². The summed E-state index contributed by atoms with van der Waals surface area (Å²) >= 11 is 1.52. The quantitative estimate of drug-likeness (QED) is 0.890. The largest absolute Gasteiger partial charge is 0.483 e. The summed E-state index contributed by atoms with van der Waals surface area (Å²) in [6.45, 7) is 3.68. The van der Waals surface area contributed by atoms with Gasteiger partial charge in [-0.05, 0) is 18.1 Å². The van der Waals surface area contributed by atoms with Gasteiger partial charge in [0.15, 0.2) is 11.7 Å². The molecule has 5 nitrogen and oxygen atoms in total. The molecule has 3 rings (SSSR count). The molecule has 1 aliphatic heterocycles. The first-order valence-corrected chi connectivity index (χ1v) is 7.77. The molecule has 2 heterocycles. The summed E-state index contributed by atoms with van der Waals surface area (Å²) in [6, 6.07) is 7.77. The number of hydrogen-bond donors (Lipinski definition) is 2. The highest BCUT2D eigenvalue weighted by Gasteiger charge is 2.17. The number of hydrogen-bond acceptors (Lipinski definition) is 5. The maximum absolute atomic E-state index is 11.9. The van der Waals surface area contributed by atoms with E-state index in [2.05, 4.69) is 22.5 Å². The van der Waals surface area contributed by atoms with E-state index in [0.29, 0.717) is 5.13 Å². The SMILES string of the molecule is CCc1ccccc1OCC(=O)Nc1nc2c(s1)CNC2. The summed E-state index contributed by atoms with van der Waals surface area (Å²) in [5.41, 5.74) is 2.14. The van der Waals surface area contributed by atoms with Crippen LogP contribution in [0, 0.1) is 0 Å². The number of para-hydroxylation sites is 1. The highest BCUT2D eigenvalue weighted by Crippen LogP contribution is 2.26. The zero-order valence-electron chi connectivity index (χ0n) is 11.8. The van der Waals surface area contributed by atoms with Crippen molar-refractivity contribution < 1.29 is 9.53 Å². The Morgan fingerprint density at radius 2 is 2.29 bits per heavy atom. The molecule has 0 atom stereocenters. The summed E-state index contributed by atoms with van der Waals surface area (Å²) in [4.78, 5) is 17.5. The number of thiazole rings is 1. The number of benzene rings is 1. The van der Waals surface area contributed by atoms with E-state index in [9.17, 15) is 4.79 Å². The zero-order valence-corrected chi connectivity index (χ0v) is 12.6. The fourth-order valence-corrected chi connectivity index (χ4v) is 3.21. The molecule has 0 unspecified atom stereocenters. The fraction of sp³-hybridized carbons (Fsp3) is 0.333. The fourth-order valence-electron chi connectivity index (χ4n) is 2.24. The van der Waals surface area contributed by atoms with Gasteiger partial charge in [-0.25, -0.2) is 4.98 Å². The third-order valence-corrected chi connectivity index (χ3v) is 4.33. The third kappa shape index (κ3) is 3.22. The molecule has 1 aromatic heterocycles. The molecular formula is C15H17N3O2S. The maximum Gasteiger partial charge on any atom is 0.264 e. The second-order valence-electron chi connectivity index (χ2n) is 4.79. The Labute approximate surface area is 127 Å². The van der Waals surface area contributed by atoms with Crippen LogP contribution in [0.2, 0.25) is 0 Å². The van der Waals surface area contributed by atoms with Crippen LogP contribution in [0.25, 0.3) is 0 Å². The summed E-state index contributed by atoms with van der Waals surface area (Å²) in [6.07, 6.45) is 0.879. The van der Waals surface area contributed by atoms with Crippen LogP contribution in [0.5, 0.6) is 5.75 Å². The molecule has 0 aliphatic carbocycles. The molecule has 0 saturated heterocycles. The van der Waals surface area contributed by atoms with Gasteiger partial charge >= 0.3 is 0 Å². The number of nitrogens with zero attached hydrogens (tertiary/aromatic N) is 1. The predicted molar refractivity (Wildman–Crippen MR) is 82.6 cm³/mol. The van der Waals surface area contributed by atoms with Crippen LogP contribution in [-0.4, -0.2) is 17.5 Å². The van der Waals surface area contributed by atoms with Gasteiger partial charge in [0.05, 0.1) is 5.69 Å². The number of nitrogens with one attached hydrogen (secondary N) is 2. The smallest absolute Gasteiger partial charge is 0.264 e. The van der Waals surface area contributed by atoms with Crippen LogP contribution < -0.4 is 15.4 Å². The average Bonchev–Trinajstić information content (AvgIpc) is 3.06. The Kier molecular flexibility index (Phi) is 4.17. The standard InChI is InChI=1S/C15H17N3O2S/c1-2-10-5-3-4-6-12(10)20-9-14(19)18-15-17-11-7-16-8-13(11)21-15/h3-6,16H,2,7-9H2,1H3,(H,17,18,19). The van der Waals surface area contributed by atoms with E-state index < -0.39 is 0 Å². The van der Waals surface area contributed by atoms with Gasteiger partial charge in [-0.2, -0.15) is 0 Å².